The molecule has 3 aromatic rings. The SMILES string of the molecule is CCOc1ccc2nc(-n3nc(C)cc3N)sc2c1. The van der Waals surface area contributed by atoms with Crippen LogP contribution < -0.4 is 10.5 Å². The Morgan fingerprint density at radius 1 is 1.37 bits per heavy atom. The van der Waals surface area contributed by atoms with Gasteiger partial charge in [0.25, 0.3) is 0 Å². The monoisotopic (exact) mass is 274 g/mol. The van der Waals surface area contributed by atoms with E-state index in [1.165, 1.54) is 0 Å². The quantitative estimate of drug-likeness (QED) is 0.797. The van der Waals surface area contributed by atoms with Gasteiger partial charge in [-0.1, -0.05) is 11.3 Å². The van der Waals surface area contributed by atoms with E-state index in [0.29, 0.717) is 12.4 Å². The minimum atomic E-state index is 0.599. The van der Waals surface area contributed by atoms with Gasteiger partial charge >= 0.3 is 0 Å². The molecule has 0 spiro atoms. The molecule has 2 heterocycles. The highest BCUT2D eigenvalue weighted by atomic mass is 32.1. The number of fused-ring (bicyclic) bond motifs is 1. The number of aromatic nitrogens is 3. The Morgan fingerprint density at radius 3 is 2.89 bits per heavy atom. The number of anilines is 1. The highest BCUT2D eigenvalue weighted by molar-refractivity contribution is 7.20. The fraction of sp³-hybridized carbons (Fsp3) is 0.231. The fourth-order valence-electron chi connectivity index (χ4n) is 1.91. The van der Waals surface area contributed by atoms with E-state index in [2.05, 4.69) is 10.1 Å². The zero-order valence-corrected chi connectivity index (χ0v) is 11.6. The Balaban J connectivity index is 2.08. The van der Waals surface area contributed by atoms with E-state index in [9.17, 15) is 0 Å². The molecule has 5 nitrogen and oxygen atoms in total. The fourth-order valence-corrected chi connectivity index (χ4v) is 2.88. The van der Waals surface area contributed by atoms with E-state index in [1.807, 2.05) is 38.1 Å². The smallest absolute Gasteiger partial charge is 0.213 e. The van der Waals surface area contributed by atoms with Crippen molar-refractivity contribution >= 4 is 27.4 Å². The van der Waals surface area contributed by atoms with Crippen LogP contribution in [0.4, 0.5) is 5.82 Å². The molecular weight excluding hydrogens is 260 g/mol. The first-order valence-electron chi connectivity index (χ1n) is 6.03. The van der Waals surface area contributed by atoms with E-state index in [0.717, 1.165) is 26.8 Å². The highest BCUT2D eigenvalue weighted by Crippen LogP contribution is 2.29. The van der Waals surface area contributed by atoms with Crippen LogP contribution in [0.5, 0.6) is 5.75 Å². The number of aryl methyl sites for hydroxylation is 1. The second-order valence-corrected chi connectivity index (χ2v) is 5.19. The summed E-state index contributed by atoms with van der Waals surface area (Å²) in [5.41, 5.74) is 7.72. The molecule has 98 valence electrons. The van der Waals surface area contributed by atoms with Crippen LogP contribution in [-0.2, 0) is 0 Å². The van der Waals surface area contributed by atoms with Crippen LogP contribution in [0.1, 0.15) is 12.6 Å². The Kier molecular flexibility index (Phi) is 2.87. The van der Waals surface area contributed by atoms with Gasteiger partial charge in [0.05, 0.1) is 22.5 Å². The van der Waals surface area contributed by atoms with Gasteiger partial charge in [-0.3, -0.25) is 0 Å². The lowest BCUT2D eigenvalue weighted by molar-refractivity contribution is 0.341. The van der Waals surface area contributed by atoms with Gasteiger partial charge in [-0.05, 0) is 32.0 Å². The number of rotatable bonds is 3. The molecule has 0 atom stereocenters. The van der Waals surface area contributed by atoms with Crippen molar-refractivity contribution in [2.45, 2.75) is 13.8 Å². The molecular formula is C13H14N4OS. The van der Waals surface area contributed by atoms with E-state index in [1.54, 1.807) is 16.0 Å². The Labute approximate surface area is 114 Å². The minimum Gasteiger partial charge on any atom is -0.494 e. The summed E-state index contributed by atoms with van der Waals surface area (Å²) in [5, 5.41) is 5.12. The second-order valence-electron chi connectivity index (χ2n) is 4.18. The molecule has 0 aliphatic heterocycles. The van der Waals surface area contributed by atoms with E-state index in [4.69, 9.17) is 10.5 Å². The maximum Gasteiger partial charge on any atom is 0.213 e. The highest BCUT2D eigenvalue weighted by Gasteiger charge is 2.10. The second kappa shape index (κ2) is 4.55. The molecule has 0 unspecified atom stereocenters. The third kappa shape index (κ3) is 2.15. The predicted molar refractivity (Wildman–Crippen MR) is 77.1 cm³/mol. The van der Waals surface area contributed by atoms with Crippen molar-refractivity contribution in [3.8, 4) is 10.9 Å². The van der Waals surface area contributed by atoms with Crippen molar-refractivity contribution in [1.29, 1.82) is 0 Å². The van der Waals surface area contributed by atoms with Crippen molar-refractivity contribution < 1.29 is 4.74 Å². The molecule has 19 heavy (non-hydrogen) atoms. The Hall–Kier alpha value is -2.08. The molecule has 6 heteroatoms. The Morgan fingerprint density at radius 2 is 2.21 bits per heavy atom. The normalized spacial score (nSPS) is 11.1. The molecule has 0 saturated carbocycles. The third-order valence-electron chi connectivity index (χ3n) is 2.70. The van der Waals surface area contributed by atoms with E-state index < -0.39 is 0 Å². The molecule has 0 radical (unpaired) electrons. The summed E-state index contributed by atoms with van der Waals surface area (Å²) in [6.07, 6.45) is 0. The van der Waals surface area contributed by atoms with Gasteiger partial charge in [0.2, 0.25) is 5.13 Å². The summed E-state index contributed by atoms with van der Waals surface area (Å²) in [4.78, 5) is 4.54. The van der Waals surface area contributed by atoms with Gasteiger partial charge in [0.1, 0.15) is 11.6 Å². The first kappa shape index (κ1) is 12.0. The number of thiazole rings is 1. The van der Waals surface area contributed by atoms with Crippen LogP contribution >= 0.6 is 11.3 Å². The lowest BCUT2D eigenvalue weighted by atomic mass is 10.3. The summed E-state index contributed by atoms with van der Waals surface area (Å²) in [6, 6.07) is 7.70. The number of hydrogen-bond donors (Lipinski definition) is 1. The molecule has 3 rings (SSSR count). The largest absolute Gasteiger partial charge is 0.494 e. The van der Waals surface area contributed by atoms with Crippen LogP contribution in [0.25, 0.3) is 15.3 Å². The first-order valence-corrected chi connectivity index (χ1v) is 6.85. The molecule has 1 aromatic carbocycles. The van der Waals surface area contributed by atoms with Crippen molar-refractivity contribution in [3.63, 3.8) is 0 Å². The lowest BCUT2D eigenvalue weighted by Crippen LogP contribution is -2.00. The number of hydrogen-bond acceptors (Lipinski definition) is 5. The van der Waals surface area contributed by atoms with Crippen LogP contribution in [0, 0.1) is 6.92 Å². The maximum absolute atomic E-state index is 5.92. The Bertz CT molecular complexity index is 731. The van der Waals surface area contributed by atoms with Crippen LogP contribution in [0.3, 0.4) is 0 Å². The average Bonchev–Trinajstić information content (AvgIpc) is 2.92. The van der Waals surface area contributed by atoms with Crippen molar-refractivity contribution in [2.75, 3.05) is 12.3 Å². The molecule has 0 aliphatic carbocycles. The number of nitrogens with two attached hydrogens (primary N) is 1. The number of nitrogen functional groups attached to an aromatic ring is 1. The van der Waals surface area contributed by atoms with Crippen LogP contribution in [-0.4, -0.2) is 21.4 Å². The summed E-state index contributed by atoms with van der Waals surface area (Å²) in [7, 11) is 0. The third-order valence-corrected chi connectivity index (χ3v) is 3.69. The lowest BCUT2D eigenvalue weighted by Gasteiger charge is -2.00. The first-order chi connectivity index (χ1) is 9.17. The molecule has 0 amide bonds. The van der Waals surface area contributed by atoms with E-state index >= 15 is 0 Å². The van der Waals surface area contributed by atoms with Crippen LogP contribution in [0.15, 0.2) is 24.3 Å². The van der Waals surface area contributed by atoms with E-state index in [-0.39, 0.29) is 0 Å². The van der Waals surface area contributed by atoms with Crippen molar-refractivity contribution in [2.24, 2.45) is 0 Å². The van der Waals surface area contributed by atoms with Gasteiger partial charge in [-0.25, -0.2) is 4.98 Å². The van der Waals surface area contributed by atoms with Gasteiger partial charge in [0, 0.05) is 6.07 Å². The van der Waals surface area contributed by atoms with Crippen molar-refractivity contribution in [3.05, 3.63) is 30.0 Å². The maximum atomic E-state index is 5.92. The molecule has 2 aromatic heterocycles. The van der Waals surface area contributed by atoms with Crippen molar-refractivity contribution in [1.82, 2.24) is 14.8 Å². The predicted octanol–water partition coefficient (Wildman–Crippen LogP) is 2.77. The summed E-state index contributed by atoms with van der Waals surface area (Å²) in [5.74, 6) is 1.46. The zero-order chi connectivity index (χ0) is 13.4. The van der Waals surface area contributed by atoms with Crippen LogP contribution in [0.2, 0.25) is 0 Å². The number of benzene rings is 1. The topological polar surface area (TPSA) is 66.0 Å². The van der Waals surface area contributed by atoms with Gasteiger partial charge in [-0.2, -0.15) is 9.78 Å². The summed E-state index contributed by atoms with van der Waals surface area (Å²) < 4.78 is 8.22. The molecule has 0 aliphatic rings. The zero-order valence-electron chi connectivity index (χ0n) is 10.8. The summed E-state index contributed by atoms with van der Waals surface area (Å²) in [6.45, 7) is 4.53. The van der Waals surface area contributed by atoms with Gasteiger partial charge in [-0.15, -0.1) is 0 Å². The number of nitrogens with zero attached hydrogens (tertiary/aromatic N) is 3. The number of ether oxygens (including phenoxy) is 1. The molecule has 0 fully saturated rings. The summed E-state index contributed by atoms with van der Waals surface area (Å²) >= 11 is 1.55. The molecule has 0 saturated heterocycles. The minimum absolute atomic E-state index is 0.599. The van der Waals surface area contributed by atoms with Gasteiger partial charge in [0.15, 0.2) is 0 Å². The standard InChI is InChI=1S/C13H14N4OS/c1-3-18-9-4-5-10-11(7-9)19-13(15-10)17-12(14)6-8(2)16-17/h4-7H,3,14H2,1-2H3. The average molecular weight is 274 g/mol. The molecule has 2 N–H and O–H groups in total. The molecule has 0 bridgehead atoms. The van der Waals surface area contributed by atoms with Gasteiger partial charge < -0.3 is 10.5 Å².